The SMILES string of the molecule is CCC1CN(C(C)=O)CCC1NC(C)=O. The summed E-state index contributed by atoms with van der Waals surface area (Å²) in [7, 11) is 0. The van der Waals surface area contributed by atoms with Crippen molar-refractivity contribution in [1.82, 2.24) is 10.2 Å². The fourth-order valence-corrected chi connectivity index (χ4v) is 2.18. The zero-order chi connectivity index (χ0) is 11.4. The van der Waals surface area contributed by atoms with Gasteiger partial charge in [0.05, 0.1) is 0 Å². The second-order valence-electron chi connectivity index (χ2n) is 4.23. The number of hydrogen-bond acceptors (Lipinski definition) is 2. The zero-order valence-corrected chi connectivity index (χ0v) is 9.75. The van der Waals surface area contributed by atoms with Gasteiger partial charge in [0.1, 0.15) is 0 Å². The van der Waals surface area contributed by atoms with Crippen molar-refractivity contribution in [3.8, 4) is 0 Å². The summed E-state index contributed by atoms with van der Waals surface area (Å²) in [5.41, 5.74) is 0. The molecule has 1 fully saturated rings. The van der Waals surface area contributed by atoms with Crippen molar-refractivity contribution in [3.05, 3.63) is 0 Å². The van der Waals surface area contributed by atoms with Crippen LogP contribution in [0, 0.1) is 5.92 Å². The van der Waals surface area contributed by atoms with E-state index in [-0.39, 0.29) is 17.9 Å². The third kappa shape index (κ3) is 3.22. The molecule has 0 radical (unpaired) electrons. The van der Waals surface area contributed by atoms with E-state index in [1.807, 2.05) is 4.90 Å². The fraction of sp³-hybridized carbons (Fsp3) is 0.818. The Bertz CT molecular complexity index is 253. The molecule has 0 saturated carbocycles. The van der Waals surface area contributed by atoms with Crippen LogP contribution in [-0.2, 0) is 9.59 Å². The summed E-state index contributed by atoms with van der Waals surface area (Å²) in [6.45, 7) is 6.78. The Labute approximate surface area is 91.0 Å². The molecule has 2 atom stereocenters. The van der Waals surface area contributed by atoms with Crippen molar-refractivity contribution in [2.75, 3.05) is 13.1 Å². The first kappa shape index (κ1) is 12.0. The van der Waals surface area contributed by atoms with E-state index in [1.165, 1.54) is 0 Å². The van der Waals surface area contributed by atoms with Gasteiger partial charge in [-0.1, -0.05) is 6.92 Å². The topological polar surface area (TPSA) is 49.4 Å². The molecule has 0 aliphatic carbocycles. The average molecular weight is 212 g/mol. The van der Waals surface area contributed by atoms with Crippen LogP contribution in [0.5, 0.6) is 0 Å². The Kier molecular flexibility index (Phi) is 4.12. The highest BCUT2D eigenvalue weighted by molar-refractivity contribution is 5.74. The smallest absolute Gasteiger partial charge is 0.219 e. The van der Waals surface area contributed by atoms with Crippen LogP contribution < -0.4 is 5.32 Å². The van der Waals surface area contributed by atoms with E-state index < -0.39 is 0 Å². The van der Waals surface area contributed by atoms with Crippen molar-refractivity contribution in [2.24, 2.45) is 5.92 Å². The van der Waals surface area contributed by atoms with Gasteiger partial charge in [0.25, 0.3) is 0 Å². The fourth-order valence-electron chi connectivity index (χ4n) is 2.18. The molecule has 1 rings (SSSR count). The van der Waals surface area contributed by atoms with Gasteiger partial charge in [-0.3, -0.25) is 9.59 Å². The van der Waals surface area contributed by atoms with Gasteiger partial charge in [-0.25, -0.2) is 0 Å². The molecule has 4 heteroatoms. The van der Waals surface area contributed by atoms with Crippen LogP contribution >= 0.6 is 0 Å². The summed E-state index contributed by atoms with van der Waals surface area (Å²) < 4.78 is 0. The van der Waals surface area contributed by atoms with E-state index >= 15 is 0 Å². The molecule has 0 aromatic carbocycles. The lowest BCUT2D eigenvalue weighted by Gasteiger charge is -2.38. The van der Waals surface area contributed by atoms with Crippen LogP contribution in [0.15, 0.2) is 0 Å². The number of piperidine rings is 1. The number of carbonyl (C=O) groups excluding carboxylic acids is 2. The van der Waals surface area contributed by atoms with Gasteiger partial charge in [-0.2, -0.15) is 0 Å². The quantitative estimate of drug-likeness (QED) is 0.735. The van der Waals surface area contributed by atoms with Crippen LogP contribution in [0.2, 0.25) is 0 Å². The minimum atomic E-state index is 0.0229. The number of rotatable bonds is 2. The first-order chi connectivity index (χ1) is 7.04. The molecule has 1 N–H and O–H groups in total. The monoisotopic (exact) mass is 212 g/mol. The number of hydrogen-bond donors (Lipinski definition) is 1. The molecule has 4 nitrogen and oxygen atoms in total. The van der Waals surface area contributed by atoms with Crippen molar-refractivity contribution in [2.45, 2.75) is 39.7 Å². The number of carbonyl (C=O) groups is 2. The Morgan fingerprint density at radius 3 is 2.53 bits per heavy atom. The molecule has 0 spiro atoms. The maximum absolute atomic E-state index is 11.2. The minimum Gasteiger partial charge on any atom is -0.353 e. The summed E-state index contributed by atoms with van der Waals surface area (Å²) >= 11 is 0. The molecule has 1 aliphatic heterocycles. The van der Waals surface area contributed by atoms with Gasteiger partial charge in [0.15, 0.2) is 0 Å². The van der Waals surface area contributed by atoms with Crippen molar-refractivity contribution < 1.29 is 9.59 Å². The van der Waals surface area contributed by atoms with Crippen LogP contribution in [0.3, 0.4) is 0 Å². The van der Waals surface area contributed by atoms with Crippen LogP contribution in [0.25, 0.3) is 0 Å². The molecule has 0 bridgehead atoms. The number of nitrogens with one attached hydrogen (secondary N) is 1. The molecule has 2 unspecified atom stereocenters. The van der Waals surface area contributed by atoms with Crippen LogP contribution in [-0.4, -0.2) is 35.8 Å². The number of likely N-dealkylation sites (tertiary alicyclic amines) is 1. The highest BCUT2D eigenvalue weighted by Crippen LogP contribution is 2.20. The lowest BCUT2D eigenvalue weighted by Crippen LogP contribution is -2.51. The summed E-state index contributed by atoms with van der Waals surface area (Å²) in [4.78, 5) is 24.1. The Hall–Kier alpha value is -1.06. The third-order valence-electron chi connectivity index (χ3n) is 3.09. The van der Waals surface area contributed by atoms with Gasteiger partial charge in [-0.15, -0.1) is 0 Å². The average Bonchev–Trinajstić information content (AvgIpc) is 2.17. The molecule has 1 heterocycles. The second kappa shape index (κ2) is 5.14. The third-order valence-corrected chi connectivity index (χ3v) is 3.09. The van der Waals surface area contributed by atoms with Crippen LogP contribution in [0.4, 0.5) is 0 Å². The summed E-state index contributed by atoms with van der Waals surface area (Å²) in [5, 5.41) is 2.97. The highest BCUT2D eigenvalue weighted by Gasteiger charge is 2.29. The van der Waals surface area contributed by atoms with Gasteiger partial charge in [-0.05, 0) is 18.8 Å². The van der Waals surface area contributed by atoms with Gasteiger partial charge >= 0.3 is 0 Å². The lowest BCUT2D eigenvalue weighted by molar-refractivity contribution is -0.131. The predicted octanol–water partition coefficient (Wildman–Crippen LogP) is 0.770. The standard InChI is InChI=1S/C11H20N2O2/c1-4-10-7-13(9(3)15)6-5-11(10)12-8(2)14/h10-11H,4-7H2,1-3H3,(H,12,14). The molecule has 1 aliphatic rings. The predicted molar refractivity (Wildman–Crippen MR) is 58.3 cm³/mol. The van der Waals surface area contributed by atoms with E-state index in [4.69, 9.17) is 0 Å². The van der Waals surface area contributed by atoms with E-state index in [0.29, 0.717) is 5.92 Å². The Morgan fingerprint density at radius 2 is 2.07 bits per heavy atom. The maximum atomic E-state index is 11.2. The van der Waals surface area contributed by atoms with E-state index in [9.17, 15) is 9.59 Å². The van der Waals surface area contributed by atoms with Gasteiger partial charge < -0.3 is 10.2 Å². The summed E-state index contributed by atoms with van der Waals surface area (Å²) in [6.07, 6.45) is 1.87. The van der Waals surface area contributed by atoms with Gasteiger partial charge in [0, 0.05) is 33.0 Å². The van der Waals surface area contributed by atoms with E-state index in [1.54, 1.807) is 13.8 Å². The van der Waals surface area contributed by atoms with Crippen molar-refractivity contribution in [3.63, 3.8) is 0 Å². The molecule has 86 valence electrons. The first-order valence-corrected chi connectivity index (χ1v) is 5.57. The molecular weight excluding hydrogens is 192 g/mol. The molecule has 15 heavy (non-hydrogen) atoms. The van der Waals surface area contributed by atoms with E-state index in [2.05, 4.69) is 12.2 Å². The Balaban J connectivity index is 2.56. The number of amides is 2. The molecule has 0 aromatic heterocycles. The summed E-state index contributed by atoms with van der Waals surface area (Å²) in [6, 6.07) is 0.239. The lowest BCUT2D eigenvalue weighted by atomic mass is 9.90. The first-order valence-electron chi connectivity index (χ1n) is 5.57. The highest BCUT2D eigenvalue weighted by atomic mass is 16.2. The maximum Gasteiger partial charge on any atom is 0.219 e. The number of nitrogens with zero attached hydrogens (tertiary/aromatic N) is 1. The second-order valence-corrected chi connectivity index (χ2v) is 4.23. The minimum absolute atomic E-state index is 0.0229. The molecule has 0 aromatic rings. The molecular formula is C11H20N2O2. The molecule has 1 saturated heterocycles. The largest absolute Gasteiger partial charge is 0.353 e. The van der Waals surface area contributed by atoms with Crippen molar-refractivity contribution in [1.29, 1.82) is 0 Å². The summed E-state index contributed by atoms with van der Waals surface area (Å²) in [5.74, 6) is 0.552. The van der Waals surface area contributed by atoms with Crippen LogP contribution in [0.1, 0.15) is 33.6 Å². The van der Waals surface area contributed by atoms with Crippen molar-refractivity contribution >= 4 is 11.8 Å². The Morgan fingerprint density at radius 1 is 1.40 bits per heavy atom. The normalized spacial score (nSPS) is 26.2. The van der Waals surface area contributed by atoms with Gasteiger partial charge in [0.2, 0.25) is 11.8 Å². The zero-order valence-electron chi connectivity index (χ0n) is 9.75. The molecule has 2 amide bonds. The van der Waals surface area contributed by atoms with E-state index in [0.717, 1.165) is 25.9 Å².